The average Bonchev–Trinajstić information content (AvgIpc) is 3.75. The number of hydrazine groups is 1. The number of hydrogen-bond acceptors (Lipinski definition) is 9. The second-order valence-corrected chi connectivity index (χ2v) is 10.3. The SMILES string of the molecule is CCNNC(CC)=Nc1nc(Sc2ccc(NC(=O)C3CC3)cc2)nc(C(=O)OC2CCCCC2)c1N. The Morgan fingerprint density at radius 2 is 1.81 bits per heavy atom. The summed E-state index contributed by atoms with van der Waals surface area (Å²) in [5, 5.41) is 3.26. The second kappa shape index (κ2) is 12.9. The third kappa shape index (κ3) is 7.65. The highest BCUT2D eigenvalue weighted by atomic mass is 32.2. The van der Waals surface area contributed by atoms with Crippen LogP contribution in [0.15, 0.2) is 39.3 Å². The first-order chi connectivity index (χ1) is 18.0. The lowest BCUT2D eigenvalue weighted by atomic mass is 9.98. The summed E-state index contributed by atoms with van der Waals surface area (Å²) in [5.74, 6) is 0.483. The molecule has 0 saturated heterocycles. The summed E-state index contributed by atoms with van der Waals surface area (Å²) in [6.07, 6.45) is 7.32. The highest BCUT2D eigenvalue weighted by Crippen LogP contribution is 2.33. The number of aromatic nitrogens is 2. The first-order valence-corrected chi connectivity index (χ1v) is 13.8. The lowest BCUT2D eigenvalue weighted by Gasteiger charge is -2.22. The van der Waals surface area contributed by atoms with Gasteiger partial charge in [0.05, 0.1) is 0 Å². The van der Waals surface area contributed by atoms with Gasteiger partial charge in [-0.15, -0.1) is 0 Å². The van der Waals surface area contributed by atoms with E-state index < -0.39 is 5.97 Å². The van der Waals surface area contributed by atoms with Crippen molar-refractivity contribution in [1.82, 2.24) is 20.8 Å². The minimum atomic E-state index is -0.555. The monoisotopic (exact) mass is 525 g/mol. The number of rotatable bonds is 10. The molecule has 2 saturated carbocycles. The molecule has 2 aromatic rings. The van der Waals surface area contributed by atoms with Crippen molar-refractivity contribution in [1.29, 1.82) is 0 Å². The number of amidine groups is 1. The first kappa shape index (κ1) is 26.9. The molecule has 1 heterocycles. The van der Waals surface area contributed by atoms with Gasteiger partial charge >= 0.3 is 5.97 Å². The third-order valence-corrected chi connectivity index (χ3v) is 7.06. The van der Waals surface area contributed by atoms with Crippen molar-refractivity contribution in [2.24, 2.45) is 10.9 Å². The smallest absolute Gasteiger partial charge is 0.359 e. The van der Waals surface area contributed by atoms with Crippen molar-refractivity contribution in [3.63, 3.8) is 0 Å². The van der Waals surface area contributed by atoms with Crippen LogP contribution in [0.25, 0.3) is 0 Å². The van der Waals surface area contributed by atoms with Gasteiger partial charge in [0.25, 0.3) is 0 Å². The fourth-order valence-electron chi connectivity index (χ4n) is 3.93. The quantitative estimate of drug-likeness (QED) is 0.115. The number of nitrogen functional groups attached to an aromatic ring is 1. The van der Waals surface area contributed by atoms with E-state index in [1.165, 1.54) is 11.8 Å². The van der Waals surface area contributed by atoms with Crippen LogP contribution in [-0.2, 0) is 9.53 Å². The highest BCUT2D eigenvalue weighted by Gasteiger charge is 2.29. The van der Waals surface area contributed by atoms with Crippen LogP contribution in [0.4, 0.5) is 17.2 Å². The molecule has 0 spiro atoms. The van der Waals surface area contributed by atoms with Gasteiger partial charge in [-0.3, -0.25) is 4.79 Å². The van der Waals surface area contributed by atoms with Gasteiger partial charge in [-0.1, -0.05) is 20.3 Å². The molecule has 2 fully saturated rings. The molecule has 1 aromatic heterocycles. The predicted molar refractivity (Wildman–Crippen MR) is 145 cm³/mol. The van der Waals surface area contributed by atoms with Crippen molar-refractivity contribution in [2.45, 2.75) is 81.4 Å². The molecule has 0 bridgehead atoms. The van der Waals surface area contributed by atoms with Crippen LogP contribution in [0.2, 0.25) is 0 Å². The summed E-state index contributed by atoms with van der Waals surface area (Å²) in [6, 6.07) is 7.43. The molecule has 4 rings (SSSR count). The van der Waals surface area contributed by atoms with Gasteiger partial charge in [0.1, 0.15) is 17.6 Å². The predicted octanol–water partition coefficient (Wildman–Crippen LogP) is 4.60. The number of anilines is 2. The Bertz CT molecular complexity index is 1130. The molecule has 37 heavy (non-hydrogen) atoms. The maximum absolute atomic E-state index is 13.1. The van der Waals surface area contributed by atoms with Gasteiger partial charge in [-0.25, -0.2) is 25.2 Å². The summed E-state index contributed by atoms with van der Waals surface area (Å²) >= 11 is 1.28. The molecule has 10 nitrogen and oxygen atoms in total. The van der Waals surface area contributed by atoms with E-state index in [0.29, 0.717) is 24.0 Å². The van der Waals surface area contributed by atoms with E-state index in [1.54, 1.807) is 0 Å². The number of esters is 1. The maximum Gasteiger partial charge on any atom is 0.359 e. The van der Waals surface area contributed by atoms with Crippen molar-refractivity contribution >= 4 is 46.7 Å². The molecule has 198 valence electrons. The number of carbonyl (C=O) groups is 2. The zero-order chi connectivity index (χ0) is 26.2. The summed E-state index contributed by atoms with van der Waals surface area (Å²) < 4.78 is 5.76. The molecule has 0 radical (unpaired) electrons. The molecule has 0 atom stereocenters. The van der Waals surface area contributed by atoms with Crippen LogP contribution in [0.1, 0.15) is 75.7 Å². The maximum atomic E-state index is 13.1. The van der Waals surface area contributed by atoms with Crippen molar-refractivity contribution in [3.8, 4) is 0 Å². The van der Waals surface area contributed by atoms with Gasteiger partial charge in [-0.2, -0.15) is 0 Å². The largest absolute Gasteiger partial charge is 0.458 e. The molecular formula is C26H35N7O3S. The van der Waals surface area contributed by atoms with Crippen LogP contribution >= 0.6 is 11.8 Å². The molecular weight excluding hydrogens is 490 g/mol. The molecule has 11 heteroatoms. The van der Waals surface area contributed by atoms with Crippen LogP contribution in [-0.4, -0.2) is 40.3 Å². The third-order valence-electron chi connectivity index (χ3n) is 6.19. The Labute approximate surface area is 221 Å². The molecule has 5 N–H and O–H groups in total. The Kier molecular flexibility index (Phi) is 9.34. The minimum absolute atomic E-state index is 0.0223. The zero-order valence-electron chi connectivity index (χ0n) is 21.4. The molecule has 2 aliphatic carbocycles. The summed E-state index contributed by atoms with van der Waals surface area (Å²) in [7, 11) is 0. The number of aliphatic imine (C=N–C) groups is 1. The van der Waals surface area contributed by atoms with E-state index in [-0.39, 0.29) is 35.1 Å². The van der Waals surface area contributed by atoms with E-state index in [0.717, 1.165) is 55.5 Å². The number of ether oxygens (including phenoxy) is 1. The van der Waals surface area contributed by atoms with E-state index in [2.05, 4.69) is 31.1 Å². The minimum Gasteiger partial charge on any atom is -0.458 e. The Balaban J connectivity index is 1.58. The Morgan fingerprint density at radius 1 is 1.08 bits per heavy atom. The van der Waals surface area contributed by atoms with Crippen molar-refractivity contribution in [2.75, 3.05) is 17.6 Å². The van der Waals surface area contributed by atoms with Crippen molar-refractivity contribution in [3.05, 3.63) is 30.0 Å². The number of benzene rings is 1. The van der Waals surface area contributed by atoms with Gasteiger partial charge in [0.15, 0.2) is 16.7 Å². The number of carbonyl (C=O) groups excluding carboxylic acids is 2. The van der Waals surface area contributed by atoms with E-state index >= 15 is 0 Å². The topological polar surface area (TPSA) is 144 Å². The normalized spacial score (nSPS) is 16.3. The van der Waals surface area contributed by atoms with Gasteiger partial charge in [-0.05, 0) is 74.6 Å². The lowest BCUT2D eigenvalue weighted by molar-refractivity contribution is -0.117. The fourth-order valence-corrected chi connectivity index (χ4v) is 4.68. The van der Waals surface area contributed by atoms with E-state index in [9.17, 15) is 9.59 Å². The number of nitrogens with one attached hydrogen (secondary N) is 3. The first-order valence-electron chi connectivity index (χ1n) is 13.0. The van der Waals surface area contributed by atoms with Crippen molar-refractivity contribution < 1.29 is 14.3 Å². The Hall–Kier alpha value is -3.18. The van der Waals surface area contributed by atoms with E-state index in [4.69, 9.17) is 10.5 Å². The molecule has 1 amide bonds. The van der Waals surface area contributed by atoms with Crippen LogP contribution in [0.3, 0.4) is 0 Å². The van der Waals surface area contributed by atoms with Gasteiger partial charge < -0.3 is 21.2 Å². The van der Waals surface area contributed by atoms with Crippen LogP contribution in [0, 0.1) is 5.92 Å². The number of nitrogens with two attached hydrogens (primary N) is 1. The van der Waals surface area contributed by atoms with Gasteiger partial charge in [0.2, 0.25) is 5.91 Å². The number of hydrogen-bond donors (Lipinski definition) is 4. The zero-order valence-corrected chi connectivity index (χ0v) is 22.2. The van der Waals surface area contributed by atoms with E-state index in [1.807, 2.05) is 38.1 Å². The van der Waals surface area contributed by atoms with Crippen LogP contribution < -0.4 is 21.9 Å². The molecule has 2 aliphatic rings. The summed E-state index contributed by atoms with van der Waals surface area (Å²) in [6.45, 7) is 4.63. The highest BCUT2D eigenvalue weighted by molar-refractivity contribution is 7.99. The lowest BCUT2D eigenvalue weighted by Crippen LogP contribution is -2.36. The van der Waals surface area contributed by atoms with Crippen LogP contribution in [0.5, 0.6) is 0 Å². The molecule has 0 unspecified atom stereocenters. The number of nitrogens with zero attached hydrogens (tertiary/aromatic N) is 3. The molecule has 0 aliphatic heterocycles. The van der Waals surface area contributed by atoms with Gasteiger partial charge in [0, 0.05) is 29.5 Å². The summed E-state index contributed by atoms with van der Waals surface area (Å²) in [4.78, 5) is 39.6. The Morgan fingerprint density at radius 3 is 2.46 bits per heavy atom. The summed E-state index contributed by atoms with van der Waals surface area (Å²) in [5.41, 5.74) is 13.3. The average molecular weight is 526 g/mol. The fraction of sp³-hybridized carbons (Fsp3) is 0.500. The second-order valence-electron chi connectivity index (χ2n) is 9.21. The molecule has 1 aromatic carbocycles. The number of amides is 1. The standard InChI is InChI=1S/C26H35N7O3S/c1-3-20(33-28-4-2)30-23-21(27)22(25(35)36-18-8-6-5-7-9-18)31-26(32-23)37-19-14-12-17(13-15-19)29-24(34)16-10-11-16/h12-16,18,28H,3-11,27H2,1-2H3,(H,29,34)(H,30,31,32,33).